The maximum atomic E-state index is 2.88. The van der Waals surface area contributed by atoms with Crippen molar-refractivity contribution in [3.63, 3.8) is 0 Å². The summed E-state index contributed by atoms with van der Waals surface area (Å²) in [5.41, 5.74) is 0.836. The molecule has 0 saturated carbocycles. The lowest BCUT2D eigenvalue weighted by Crippen LogP contribution is -2.49. The first-order chi connectivity index (χ1) is 8.62. The molecule has 2 rings (SSSR count). The highest BCUT2D eigenvalue weighted by molar-refractivity contribution is 6.45. The lowest BCUT2D eigenvalue weighted by Gasteiger charge is -2.59. The molecule has 1 heteroatoms. The molecule has 2 aliphatic rings. The lowest BCUT2D eigenvalue weighted by atomic mass is 9.23. The minimum atomic E-state index is 0.418. The van der Waals surface area contributed by atoms with Gasteiger partial charge in [-0.05, 0) is 10.8 Å². The number of hydrogen-bond acceptors (Lipinski definition) is 0. The highest BCUT2D eigenvalue weighted by Gasteiger charge is 2.54. The van der Waals surface area contributed by atoms with Crippen LogP contribution >= 0.6 is 0 Å². The Kier molecular flexibility index (Phi) is 3.91. The molecule has 2 unspecified atom stereocenters. The molecule has 2 aliphatic heterocycles. The molecule has 0 spiro atoms. The summed E-state index contributed by atoms with van der Waals surface area (Å²) in [5, 5.41) is 0.970. The fourth-order valence-corrected chi connectivity index (χ4v) is 4.78. The summed E-state index contributed by atoms with van der Waals surface area (Å²) in [6.45, 7) is 14.9. The van der Waals surface area contributed by atoms with E-state index in [1.54, 1.807) is 0 Å². The van der Waals surface area contributed by atoms with Gasteiger partial charge in [-0.3, -0.25) is 0 Å². The van der Waals surface area contributed by atoms with Crippen LogP contribution in [0.25, 0.3) is 0 Å². The zero-order valence-corrected chi connectivity index (χ0v) is 14.2. The van der Waals surface area contributed by atoms with E-state index in [1.165, 1.54) is 51.4 Å². The van der Waals surface area contributed by atoms with Crippen LogP contribution in [0.3, 0.4) is 0 Å². The molecule has 2 heterocycles. The highest BCUT2D eigenvalue weighted by Crippen LogP contribution is 2.67. The Labute approximate surface area is 122 Å². The lowest BCUT2D eigenvalue weighted by molar-refractivity contribution is 0.134. The first-order valence-corrected chi connectivity index (χ1v) is 8.49. The van der Waals surface area contributed by atoms with E-state index >= 15 is 0 Å². The summed E-state index contributed by atoms with van der Waals surface area (Å²) in [7, 11) is 2.88. The van der Waals surface area contributed by atoms with Crippen LogP contribution in [0, 0.1) is 10.8 Å². The third kappa shape index (κ3) is 2.63. The van der Waals surface area contributed by atoms with Gasteiger partial charge in [0.1, 0.15) is 7.28 Å². The van der Waals surface area contributed by atoms with Gasteiger partial charge in [-0.15, -0.1) is 0 Å². The molecule has 1 radical (unpaired) electrons. The first kappa shape index (κ1) is 15.5. The van der Waals surface area contributed by atoms with Crippen LogP contribution in [0.4, 0.5) is 0 Å². The summed E-state index contributed by atoms with van der Waals surface area (Å²) in [6.07, 6.45) is 11.5. The quantitative estimate of drug-likeness (QED) is 0.452. The average Bonchev–Trinajstić information content (AvgIpc) is 2.24. The van der Waals surface area contributed by atoms with Gasteiger partial charge in [0.2, 0.25) is 0 Å². The third-order valence-corrected chi connectivity index (χ3v) is 6.53. The molecule has 0 amide bonds. The molecule has 2 atom stereocenters. The predicted octanol–water partition coefficient (Wildman–Crippen LogP) is 6.25. The van der Waals surface area contributed by atoms with Gasteiger partial charge < -0.3 is 0 Å². The molecular weight excluding hydrogens is 227 g/mol. The van der Waals surface area contributed by atoms with Gasteiger partial charge in [0, 0.05) is 0 Å². The molecule has 0 aromatic heterocycles. The van der Waals surface area contributed by atoms with E-state index in [0.29, 0.717) is 21.5 Å². The van der Waals surface area contributed by atoms with Crippen molar-refractivity contribution >= 4 is 7.28 Å². The Hall–Kier alpha value is 0.0649. The van der Waals surface area contributed by atoms with Crippen LogP contribution in [0.1, 0.15) is 92.9 Å². The molecular formula is C18H34B. The summed E-state index contributed by atoms with van der Waals surface area (Å²) in [4.78, 5) is 0. The van der Waals surface area contributed by atoms with Crippen molar-refractivity contribution in [3.05, 3.63) is 0 Å². The Bertz CT molecular complexity index is 290. The van der Waals surface area contributed by atoms with Crippen LogP contribution in [0.5, 0.6) is 0 Å². The van der Waals surface area contributed by atoms with Crippen LogP contribution in [-0.2, 0) is 0 Å². The molecule has 0 aromatic carbocycles. The molecule has 2 bridgehead atoms. The van der Waals surface area contributed by atoms with Gasteiger partial charge in [-0.2, -0.15) is 0 Å². The monoisotopic (exact) mass is 261 g/mol. The van der Waals surface area contributed by atoms with Gasteiger partial charge in [-0.25, -0.2) is 0 Å². The van der Waals surface area contributed by atoms with E-state index < -0.39 is 0 Å². The molecule has 0 aliphatic carbocycles. The van der Waals surface area contributed by atoms with Gasteiger partial charge in [0.25, 0.3) is 0 Å². The van der Waals surface area contributed by atoms with E-state index in [-0.39, 0.29) is 0 Å². The van der Waals surface area contributed by atoms with E-state index in [0.717, 1.165) is 0 Å². The van der Waals surface area contributed by atoms with Gasteiger partial charge in [0.05, 0.1) is 0 Å². The Morgan fingerprint density at radius 1 is 0.579 bits per heavy atom. The van der Waals surface area contributed by atoms with E-state index in [2.05, 4.69) is 48.8 Å². The minimum Gasteiger partial charge on any atom is -0.0603 e. The summed E-state index contributed by atoms with van der Waals surface area (Å²) < 4.78 is 0. The van der Waals surface area contributed by atoms with Crippen LogP contribution in [0.15, 0.2) is 0 Å². The van der Waals surface area contributed by atoms with E-state index in [9.17, 15) is 0 Å². The van der Waals surface area contributed by atoms with Crippen LogP contribution in [-0.4, -0.2) is 7.28 Å². The maximum Gasteiger partial charge on any atom is 0.127 e. The fourth-order valence-electron chi connectivity index (χ4n) is 4.78. The number of hydrogen-bond donors (Lipinski definition) is 0. The number of fused-ring (bicyclic) bond motifs is 2. The topological polar surface area (TPSA) is 0 Å². The minimum absolute atomic E-state index is 0.418. The molecule has 0 nitrogen and oxygen atoms in total. The fraction of sp³-hybridized carbons (Fsp3) is 1.00. The van der Waals surface area contributed by atoms with Crippen molar-refractivity contribution in [1.82, 2.24) is 0 Å². The number of rotatable bonds is 0. The van der Waals surface area contributed by atoms with Gasteiger partial charge in [0.15, 0.2) is 0 Å². The second-order valence-electron chi connectivity index (χ2n) is 9.37. The van der Waals surface area contributed by atoms with E-state index in [4.69, 9.17) is 0 Å². The second kappa shape index (κ2) is 4.81. The molecule has 2 saturated heterocycles. The average molecular weight is 261 g/mol. The smallest absolute Gasteiger partial charge is 0.0603 e. The third-order valence-electron chi connectivity index (χ3n) is 6.53. The zero-order chi connectivity index (χ0) is 14.4. The standard InChI is InChI=1S/C18H34B/c1-15(2,3)17-11-8-7-9-12-18(19-17,14-10-13-17)16(4,5)6/h7-14H2,1-6H3. The van der Waals surface area contributed by atoms with Gasteiger partial charge >= 0.3 is 0 Å². The van der Waals surface area contributed by atoms with Crippen molar-refractivity contribution in [2.24, 2.45) is 10.8 Å². The molecule has 2 fully saturated rings. The molecule has 0 aromatic rings. The molecule has 19 heavy (non-hydrogen) atoms. The Morgan fingerprint density at radius 3 is 1.32 bits per heavy atom. The maximum absolute atomic E-state index is 2.88. The van der Waals surface area contributed by atoms with Crippen molar-refractivity contribution in [3.8, 4) is 0 Å². The molecule has 0 N–H and O–H groups in total. The van der Waals surface area contributed by atoms with Crippen molar-refractivity contribution in [2.75, 3.05) is 0 Å². The summed E-state index contributed by atoms with van der Waals surface area (Å²) in [5.74, 6) is 0. The normalized spacial score (nSPS) is 37.2. The Morgan fingerprint density at radius 2 is 0.947 bits per heavy atom. The Balaban J connectivity index is 2.40. The van der Waals surface area contributed by atoms with Crippen molar-refractivity contribution < 1.29 is 0 Å². The SMILES string of the molecule is CC(C)(C)C12[B]C(C(C)(C)C)(CCCCC1)CCC2. The summed E-state index contributed by atoms with van der Waals surface area (Å²) in [6, 6.07) is 0. The second-order valence-corrected chi connectivity index (χ2v) is 9.37. The van der Waals surface area contributed by atoms with E-state index in [1.807, 2.05) is 0 Å². The largest absolute Gasteiger partial charge is 0.127 e. The highest BCUT2D eigenvalue weighted by atomic mass is 14.5. The van der Waals surface area contributed by atoms with Crippen LogP contribution < -0.4 is 0 Å². The van der Waals surface area contributed by atoms with Crippen molar-refractivity contribution in [2.45, 2.75) is 104 Å². The predicted molar refractivity (Wildman–Crippen MR) is 87.0 cm³/mol. The van der Waals surface area contributed by atoms with Gasteiger partial charge in [-0.1, -0.05) is 104 Å². The van der Waals surface area contributed by atoms with Crippen molar-refractivity contribution in [1.29, 1.82) is 0 Å². The van der Waals surface area contributed by atoms with Crippen LogP contribution in [0.2, 0.25) is 10.6 Å². The summed E-state index contributed by atoms with van der Waals surface area (Å²) >= 11 is 0. The zero-order valence-electron chi connectivity index (χ0n) is 14.2. The molecule has 109 valence electrons. The first-order valence-electron chi connectivity index (χ1n) is 8.49.